The largest absolute Gasteiger partial charge is 0.467 e. The van der Waals surface area contributed by atoms with Crippen LogP contribution in [-0.2, 0) is 11.3 Å². The van der Waals surface area contributed by atoms with Gasteiger partial charge in [0.05, 0.1) is 18.8 Å². The van der Waals surface area contributed by atoms with Gasteiger partial charge in [-0.15, -0.1) is 0 Å². The van der Waals surface area contributed by atoms with Crippen LogP contribution in [0.15, 0.2) is 47.1 Å². The first kappa shape index (κ1) is 16.1. The van der Waals surface area contributed by atoms with Crippen LogP contribution in [0, 0.1) is 5.92 Å². The molecule has 0 radical (unpaired) electrons. The molecule has 1 aromatic heterocycles. The lowest BCUT2D eigenvalue weighted by Gasteiger charge is -2.15. The summed E-state index contributed by atoms with van der Waals surface area (Å²) in [6, 6.07) is 10.7. The van der Waals surface area contributed by atoms with E-state index < -0.39 is 0 Å². The molecule has 0 aliphatic heterocycles. The summed E-state index contributed by atoms with van der Waals surface area (Å²) in [5, 5.41) is 8.51. The third-order valence-corrected chi connectivity index (χ3v) is 3.98. The lowest BCUT2D eigenvalue weighted by Crippen LogP contribution is -2.36. The summed E-state index contributed by atoms with van der Waals surface area (Å²) in [5.74, 6) is 0.975. The van der Waals surface area contributed by atoms with Crippen LogP contribution in [0.2, 0.25) is 0 Å². The van der Waals surface area contributed by atoms with Crippen molar-refractivity contribution in [1.29, 1.82) is 0 Å². The highest BCUT2D eigenvalue weighted by Crippen LogP contribution is 2.30. The van der Waals surface area contributed by atoms with E-state index in [0.29, 0.717) is 12.3 Å². The van der Waals surface area contributed by atoms with E-state index in [1.807, 2.05) is 31.2 Å². The van der Waals surface area contributed by atoms with E-state index >= 15 is 0 Å². The molecule has 3 N–H and O–H groups in total. The van der Waals surface area contributed by atoms with Crippen molar-refractivity contribution in [3.63, 3.8) is 0 Å². The zero-order valence-electron chi connectivity index (χ0n) is 13.5. The number of urea groups is 1. The molecule has 6 heteroatoms. The maximum atomic E-state index is 11.9. The number of amides is 3. The van der Waals surface area contributed by atoms with Gasteiger partial charge in [0.1, 0.15) is 5.76 Å². The number of hydrogen-bond acceptors (Lipinski definition) is 3. The Morgan fingerprint density at radius 3 is 2.58 bits per heavy atom. The predicted molar refractivity (Wildman–Crippen MR) is 90.3 cm³/mol. The summed E-state index contributed by atoms with van der Waals surface area (Å²) in [7, 11) is 0. The molecule has 2 aromatic rings. The Morgan fingerprint density at radius 2 is 1.96 bits per heavy atom. The van der Waals surface area contributed by atoms with E-state index in [-0.39, 0.29) is 23.9 Å². The second kappa shape index (κ2) is 7.21. The molecule has 126 valence electrons. The van der Waals surface area contributed by atoms with Crippen molar-refractivity contribution in [1.82, 2.24) is 10.6 Å². The lowest BCUT2D eigenvalue weighted by molar-refractivity contribution is -0.117. The maximum Gasteiger partial charge on any atom is 0.315 e. The van der Waals surface area contributed by atoms with Crippen LogP contribution in [0.1, 0.15) is 37.1 Å². The fraction of sp³-hybridized carbons (Fsp3) is 0.333. The fourth-order valence-corrected chi connectivity index (χ4v) is 2.36. The van der Waals surface area contributed by atoms with Gasteiger partial charge < -0.3 is 20.4 Å². The van der Waals surface area contributed by atoms with Gasteiger partial charge >= 0.3 is 6.03 Å². The summed E-state index contributed by atoms with van der Waals surface area (Å²) in [4.78, 5) is 23.6. The van der Waals surface area contributed by atoms with Crippen molar-refractivity contribution in [2.45, 2.75) is 32.4 Å². The van der Waals surface area contributed by atoms with Crippen molar-refractivity contribution < 1.29 is 14.0 Å². The van der Waals surface area contributed by atoms with Crippen molar-refractivity contribution in [3.8, 4) is 0 Å². The Balaban J connectivity index is 1.47. The van der Waals surface area contributed by atoms with Gasteiger partial charge in [0.25, 0.3) is 0 Å². The Bertz CT molecular complexity index is 691. The third-order valence-electron chi connectivity index (χ3n) is 3.98. The number of nitrogens with one attached hydrogen (secondary N) is 3. The molecule has 0 spiro atoms. The maximum absolute atomic E-state index is 11.9. The smallest absolute Gasteiger partial charge is 0.315 e. The number of furan rings is 1. The first-order valence-corrected chi connectivity index (χ1v) is 8.09. The Hall–Kier alpha value is -2.76. The molecular weight excluding hydrogens is 306 g/mol. The van der Waals surface area contributed by atoms with E-state index in [9.17, 15) is 9.59 Å². The average molecular weight is 327 g/mol. The van der Waals surface area contributed by atoms with Crippen LogP contribution in [0.4, 0.5) is 10.5 Å². The normalized spacial score (nSPS) is 14.7. The molecule has 1 heterocycles. The molecule has 3 rings (SSSR count). The fourth-order valence-electron chi connectivity index (χ4n) is 2.36. The Morgan fingerprint density at radius 1 is 1.21 bits per heavy atom. The van der Waals surface area contributed by atoms with Crippen LogP contribution in [-0.4, -0.2) is 11.9 Å². The molecule has 0 bridgehead atoms. The minimum absolute atomic E-state index is 0.0891. The Kier molecular flexibility index (Phi) is 4.84. The molecule has 1 unspecified atom stereocenters. The Labute approximate surface area is 140 Å². The van der Waals surface area contributed by atoms with Gasteiger partial charge in [-0.3, -0.25) is 4.79 Å². The number of hydrogen-bond donors (Lipinski definition) is 3. The van der Waals surface area contributed by atoms with Crippen LogP contribution >= 0.6 is 0 Å². The molecular formula is C18H21N3O3. The predicted octanol–water partition coefficient (Wildman–Crippen LogP) is 3.19. The molecule has 0 saturated heterocycles. The second-order valence-corrected chi connectivity index (χ2v) is 6.01. The van der Waals surface area contributed by atoms with Gasteiger partial charge in [0.15, 0.2) is 0 Å². The monoisotopic (exact) mass is 327 g/mol. The highest BCUT2D eigenvalue weighted by Gasteiger charge is 2.29. The van der Waals surface area contributed by atoms with Gasteiger partial charge in [-0.1, -0.05) is 12.1 Å². The molecule has 1 saturated carbocycles. The van der Waals surface area contributed by atoms with Gasteiger partial charge in [-0.2, -0.15) is 0 Å². The zero-order valence-corrected chi connectivity index (χ0v) is 13.5. The van der Waals surface area contributed by atoms with Crippen molar-refractivity contribution in [2.24, 2.45) is 5.92 Å². The van der Waals surface area contributed by atoms with Crippen molar-refractivity contribution in [2.75, 3.05) is 5.32 Å². The summed E-state index contributed by atoms with van der Waals surface area (Å²) < 4.78 is 5.16. The number of benzene rings is 1. The van der Waals surface area contributed by atoms with E-state index in [0.717, 1.165) is 24.1 Å². The van der Waals surface area contributed by atoms with E-state index in [1.165, 1.54) is 0 Å². The van der Waals surface area contributed by atoms with Crippen LogP contribution in [0.25, 0.3) is 0 Å². The summed E-state index contributed by atoms with van der Waals surface area (Å²) in [5.41, 5.74) is 1.75. The van der Waals surface area contributed by atoms with Crippen LogP contribution in [0.3, 0.4) is 0 Å². The minimum atomic E-state index is -0.259. The highest BCUT2D eigenvalue weighted by molar-refractivity contribution is 5.94. The zero-order chi connectivity index (χ0) is 16.9. The molecule has 1 aliphatic carbocycles. The molecule has 24 heavy (non-hydrogen) atoms. The lowest BCUT2D eigenvalue weighted by atomic mass is 10.1. The molecule has 6 nitrogen and oxygen atoms in total. The topological polar surface area (TPSA) is 83.4 Å². The first-order valence-electron chi connectivity index (χ1n) is 8.09. The number of carbonyl (C=O) groups is 2. The van der Waals surface area contributed by atoms with E-state index in [4.69, 9.17) is 4.42 Å². The molecule has 1 aromatic carbocycles. The number of rotatable bonds is 6. The molecule has 1 atom stereocenters. The molecule has 1 fully saturated rings. The SMILES string of the molecule is CC(NC(=O)NCc1ccco1)c1ccc(NC(=O)C2CC2)cc1. The third kappa shape index (κ3) is 4.38. The summed E-state index contributed by atoms with van der Waals surface area (Å²) in [6.45, 7) is 2.25. The standard InChI is InChI=1S/C18H21N3O3/c1-12(20-18(23)19-11-16-3-2-10-24-16)13-6-8-15(9-7-13)21-17(22)14-4-5-14/h2-3,6-10,12,14H,4-5,11H2,1H3,(H,21,22)(H2,19,20,23). The van der Waals surface area contributed by atoms with Gasteiger partial charge in [0.2, 0.25) is 5.91 Å². The second-order valence-electron chi connectivity index (χ2n) is 6.01. The molecule has 3 amide bonds. The van der Waals surface area contributed by atoms with Crippen molar-refractivity contribution >= 4 is 17.6 Å². The first-order chi connectivity index (χ1) is 11.6. The quantitative estimate of drug-likeness (QED) is 0.762. The van der Waals surface area contributed by atoms with Gasteiger partial charge in [-0.05, 0) is 49.6 Å². The van der Waals surface area contributed by atoms with Gasteiger partial charge in [-0.25, -0.2) is 4.79 Å². The minimum Gasteiger partial charge on any atom is -0.467 e. The summed E-state index contributed by atoms with van der Waals surface area (Å²) in [6.07, 6.45) is 3.54. The van der Waals surface area contributed by atoms with E-state index in [2.05, 4.69) is 16.0 Å². The molecule has 1 aliphatic rings. The highest BCUT2D eigenvalue weighted by atomic mass is 16.3. The van der Waals surface area contributed by atoms with Crippen LogP contribution in [0.5, 0.6) is 0 Å². The van der Waals surface area contributed by atoms with Crippen molar-refractivity contribution in [3.05, 3.63) is 54.0 Å². The van der Waals surface area contributed by atoms with Gasteiger partial charge in [0, 0.05) is 11.6 Å². The number of carbonyl (C=O) groups excluding carboxylic acids is 2. The average Bonchev–Trinajstić information content (AvgIpc) is 3.30. The van der Waals surface area contributed by atoms with E-state index in [1.54, 1.807) is 18.4 Å². The summed E-state index contributed by atoms with van der Waals surface area (Å²) >= 11 is 0. The van der Waals surface area contributed by atoms with Crippen LogP contribution < -0.4 is 16.0 Å². The number of anilines is 1.